The number of rotatable bonds is 9. The summed E-state index contributed by atoms with van der Waals surface area (Å²) < 4.78 is 32.5. The number of halogens is 1. The lowest BCUT2D eigenvalue weighted by molar-refractivity contribution is -0.120. The first-order valence-corrected chi connectivity index (χ1v) is 15.9. The Morgan fingerprint density at radius 1 is 1.14 bits per heavy atom. The molecule has 13 nitrogen and oxygen atoms in total. The predicted molar refractivity (Wildman–Crippen MR) is 169 cm³/mol. The number of amides is 2. The number of benzene rings is 2. The third-order valence-electron chi connectivity index (χ3n) is 6.83. The van der Waals surface area contributed by atoms with Gasteiger partial charge in [0.05, 0.1) is 30.4 Å². The number of fused-ring (bicyclic) bond motifs is 1. The second-order valence-corrected chi connectivity index (χ2v) is 12.8. The number of carbonyl (C=O) groups is 2. The third kappa shape index (κ3) is 7.49. The number of nitrogens with zero attached hydrogens (tertiary/aromatic N) is 4. The van der Waals surface area contributed by atoms with Crippen LogP contribution in [0.2, 0.25) is 5.02 Å². The monoisotopic (exact) mass is 645 g/mol. The Labute approximate surface area is 261 Å². The van der Waals surface area contributed by atoms with Gasteiger partial charge < -0.3 is 30.7 Å². The number of para-hydroxylation sites is 1. The van der Waals surface area contributed by atoms with E-state index in [4.69, 9.17) is 16.3 Å². The molecule has 0 bridgehead atoms. The molecule has 1 saturated carbocycles. The third-order valence-corrected chi connectivity index (χ3v) is 8.98. The molecule has 1 aromatic heterocycles. The summed E-state index contributed by atoms with van der Waals surface area (Å²) in [6.45, 7) is 2.14. The molecule has 44 heavy (non-hydrogen) atoms. The Morgan fingerprint density at radius 3 is 2.45 bits per heavy atom. The number of hydrogen-bond acceptors (Lipinski definition) is 9. The number of hydrogen-bond donors (Lipinski definition) is 4. The van der Waals surface area contributed by atoms with Crippen LogP contribution in [0.4, 0.5) is 33.6 Å². The molecular weight excluding hydrogens is 610 g/mol. The quantitative estimate of drug-likeness (QED) is 0.249. The molecule has 0 saturated heterocycles. The highest BCUT2D eigenvalue weighted by atomic mass is 35.5. The first-order chi connectivity index (χ1) is 21.0. The van der Waals surface area contributed by atoms with E-state index in [9.17, 15) is 23.1 Å². The van der Waals surface area contributed by atoms with Crippen molar-refractivity contribution in [2.24, 2.45) is 0 Å². The number of likely N-dealkylation sites (N-methyl/N-ethyl adjacent to an activating group) is 1. The largest absolute Gasteiger partial charge is 0.494 e. The number of carbonyl (C=O) groups excluding carboxylic acids is 1. The predicted octanol–water partition coefficient (Wildman–Crippen LogP) is 4.98. The zero-order valence-electron chi connectivity index (χ0n) is 24.9. The standard InChI is InChI=1S/C26H30ClN7O6S.C3H6/c1-5-34-20-13-12-18(22(40-4)15(20)10-11-19(24(34)35)31-26(36)37)30-25-28-14-16(27)23(32-25)29-17-8-6-7-9-21(17)41(38,39)33(2)3;1-2-3-1/h6-9,12-14,19,31H,5,10-11H2,1-4H3,(H,36,37)(H2,28,29,30,32);1-3H2. The van der Waals surface area contributed by atoms with E-state index in [0.717, 1.165) is 9.87 Å². The summed E-state index contributed by atoms with van der Waals surface area (Å²) in [5.74, 6) is 0.417. The van der Waals surface area contributed by atoms with Gasteiger partial charge >= 0.3 is 6.09 Å². The van der Waals surface area contributed by atoms with Gasteiger partial charge in [-0.2, -0.15) is 4.98 Å². The summed E-state index contributed by atoms with van der Waals surface area (Å²) >= 11 is 6.36. The van der Waals surface area contributed by atoms with Crippen LogP contribution in [-0.2, 0) is 21.2 Å². The van der Waals surface area contributed by atoms with E-state index < -0.39 is 22.2 Å². The van der Waals surface area contributed by atoms with E-state index in [0.29, 0.717) is 30.1 Å². The van der Waals surface area contributed by atoms with Gasteiger partial charge in [-0.3, -0.25) is 4.79 Å². The maximum atomic E-state index is 13.1. The van der Waals surface area contributed by atoms with Crippen molar-refractivity contribution >= 4 is 62.5 Å². The molecule has 1 aliphatic carbocycles. The first-order valence-electron chi connectivity index (χ1n) is 14.1. The van der Waals surface area contributed by atoms with Gasteiger partial charge in [-0.15, -0.1) is 0 Å². The minimum absolute atomic E-state index is 0.0485. The number of ether oxygens (including phenoxy) is 1. The van der Waals surface area contributed by atoms with E-state index >= 15 is 0 Å². The molecule has 0 spiro atoms. The van der Waals surface area contributed by atoms with E-state index in [1.807, 2.05) is 6.92 Å². The van der Waals surface area contributed by atoms with Gasteiger partial charge in [0.1, 0.15) is 21.7 Å². The van der Waals surface area contributed by atoms with Crippen LogP contribution < -0.4 is 25.6 Å². The Hall–Kier alpha value is -4.14. The molecule has 15 heteroatoms. The van der Waals surface area contributed by atoms with Crippen molar-refractivity contribution in [2.75, 3.05) is 43.3 Å². The molecule has 1 unspecified atom stereocenters. The van der Waals surface area contributed by atoms with Gasteiger partial charge in [-0.25, -0.2) is 22.5 Å². The van der Waals surface area contributed by atoms with Crippen LogP contribution in [0.15, 0.2) is 47.5 Å². The highest BCUT2D eigenvalue weighted by Gasteiger charge is 2.33. The molecule has 2 heterocycles. The molecule has 3 aromatic rings. The zero-order chi connectivity index (χ0) is 32.0. The molecule has 1 fully saturated rings. The van der Waals surface area contributed by atoms with Crippen molar-refractivity contribution in [1.82, 2.24) is 19.6 Å². The minimum atomic E-state index is -3.75. The highest BCUT2D eigenvalue weighted by molar-refractivity contribution is 7.89. The van der Waals surface area contributed by atoms with Gasteiger partial charge in [-0.05, 0) is 44.0 Å². The van der Waals surface area contributed by atoms with Crippen molar-refractivity contribution in [3.8, 4) is 5.75 Å². The van der Waals surface area contributed by atoms with E-state index in [1.54, 1.807) is 30.3 Å². The van der Waals surface area contributed by atoms with Crippen molar-refractivity contribution in [2.45, 2.75) is 50.0 Å². The second kappa shape index (κ2) is 14.1. The number of sulfonamides is 1. The maximum absolute atomic E-state index is 13.1. The molecule has 1 aliphatic heterocycles. The van der Waals surface area contributed by atoms with Crippen LogP contribution in [0.25, 0.3) is 0 Å². The fraction of sp³-hybridized carbons (Fsp3) is 0.379. The maximum Gasteiger partial charge on any atom is 0.405 e. The van der Waals surface area contributed by atoms with Crippen LogP contribution in [0, 0.1) is 0 Å². The lowest BCUT2D eigenvalue weighted by Crippen LogP contribution is -2.47. The smallest absolute Gasteiger partial charge is 0.405 e. The van der Waals surface area contributed by atoms with Crippen LogP contribution in [0.5, 0.6) is 5.75 Å². The van der Waals surface area contributed by atoms with Gasteiger partial charge in [0.15, 0.2) is 5.82 Å². The summed E-state index contributed by atoms with van der Waals surface area (Å²) in [6.07, 6.45) is 5.21. The molecule has 2 amide bonds. The zero-order valence-corrected chi connectivity index (χ0v) is 26.5. The summed E-state index contributed by atoms with van der Waals surface area (Å²) in [6, 6.07) is 8.96. The van der Waals surface area contributed by atoms with E-state index in [1.165, 1.54) is 57.6 Å². The molecule has 2 aromatic carbocycles. The first kappa shape index (κ1) is 32.8. The molecule has 0 radical (unpaired) electrons. The number of anilines is 5. The van der Waals surface area contributed by atoms with Crippen LogP contribution >= 0.6 is 11.6 Å². The summed E-state index contributed by atoms with van der Waals surface area (Å²) in [7, 11) is 0.626. The number of aromatic nitrogens is 2. The number of nitrogens with one attached hydrogen (secondary N) is 3. The number of carboxylic acid groups (broad SMARTS) is 1. The van der Waals surface area contributed by atoms with E-state index in [2.05, 4.69) is 25.9 Å². The fourth-order valence-electron chi connectivity index (χ4n) is 4.53. The van der Waals surface area contributed by atoms with Crippen LogP contribution in [0.3, 0.4) is 0 Å². The van der Waals surface area contributed by atoms with Crippen LogP contribution in [-0.4, -0.2) is 73.6 Å². The Bertz CT molecular complexity index is 1630. The summed E-state index contributed by atoms with van der Waals surface area (Å²) in [5, 5.41) is 17.8. The van der Waals surface area contributed by atoms with Crippen molar-refractivity contribution in [3.05, 3.63) is 53.2 Å². The van der Waals surface area contributed by atoms with Gasteiger partial charge in [-0.1, -0.05) is 43.0 Å². The normalized spacial score (nSPS) is 15.8. The lowest BCUT2D eigenvalue weighted by Gasteiger charge is -2.25. The molecular formula is C29H36ClN7O6S. The average molecular weight is 646 g/mol. The Morgan fingerprint density at radius 2 is 1.84 bits per heavy atom. The number of methoxy groups -OCH3 is 1. The summed E-state index contributed by atoms with van der Waals surface area (Å²) in [4.78, 5) is 34.6. The van der Waals surface area contributed by atoms with Crippen LogP contribution in [0.1, 0.15) is 38.2 Å². The molecule has 4 N–H and O–H groups in total. The SMILES string of the molecule is C1CC1.CCN1C(=O)C(NC(=O)O)CCc2c1ccc(Nc1ncc(Cl)c(Nc3ccccc3S(=O)(=O)N(C)C)n1)c2OC. The topological polar surface area (TPSA) is 166 Å². The minimum Gasteiger partial charge on any atom is -0.494 e. The van der Waals surface area contributed by atoms with Gasteiger partial charge in [0.2, 0.25) is 21.9 Å². The highest BCUT2D eigenvalue weighted by Crippen LogP contribution is 2.40. The Balaban J connectivity index is 0.00000139. The molecule has 236 valence electrons. The Kier molecular flexibility index (Phi) is 10.5. The van der Waals surface area contributed by atoms with Gasteiger partial charge in [0.25, 0.3) is 0 Å². The second-order valence-electron chi connectivity index (χ2n) is 10.3. The van der Waals surface area contributed by atoms with Gasteiger partial charge in [0, 0.05) is 26.2 Å². The molecule has 5 rings (SSSR count). The lowest BCUT2D eigenvalue weighted by atomic mass is 10.0. The van der Waals surface area contributed by atoms with Crippen molar-refractivity contribution in [3.63, 3.8) is 0 Å². The fourth-order valence-corrected chi connectivity index (χ4v) is 5.71. The van der Waals surface area contributed by atoms with Crippen molar-refractivity contribution < 1.29 is 27.9 Å². The van der Waals surface area contributed by atoms with E-state index in [-0.39, 0.29) is 39.7 Å². The summed E-state index contributed by atoms with van der Waals surface area (Å²) in [5.41, 5.74) is 2.12. The molecule has 2 aliphatic rings. The van der Waals surface area contributed by atoms with Crippen molar-refractivity contribution in [1.29, 1.82) is 0 Å². The molecule has 1 atom stereocenters. The average Bonchev–Trinajstić information content (AvgIpc) is 3.88.